The maximum Gasteiger partial charge on any atom is 0.320 e. The Bertz CT molecular complexity index is 1690. The maximum atomic E-state index is 13.2. The SMILES string of the molecule is CC(=O)N1CCC[C@H]1c1nc2ccc(C#Cc3ccc4nc([C@@H]5CCCN5C(=O)N5CCOCC5)[nH]c4c3)cc2[nH]1. The van der Waals surface area contributed by atoms with Gasteiger partial charge in [0, 0.05) is 44.2 Å². The monoisotopic (exact) mass is 551 g/mol. The van der Waals surface area contributed by atoms with Gasteiger partial charge in [-0.1, -0.05) is 11.8 Å². The van der Waals surface area contributed by atoms with E-state index in [4.69, 9.17) is 14.7 Å². The van der Waals surface area contributed by atoms with E-state index in [-0.39, 0.29) is 24.0 Å². The molecule has 3 saturated heterocycles. The van der Waals surface area contributed by atoms with Gasteiger partial charge in [-0.2, -0.15) is 0 Å². The molecule has 5 heterocycles. The van der Waals surface area contributed by atoms with Gasteiger partial charge in [0.15, 0.2) is 0 Å². The highest BCUT2D eigenvalue weighted by atomic mass is 16.5. The minimum Gasteiger partial charge on any atom is -0.378 e. The van der Waals surface area contributed by atoms with Crippen LogP contribution < -0.4 is 0 Å². The molecule has 2 atom stereocenters. The Morgan fingerprint density at radius 3 is 1.90 bits per heavy atom. The largest absolute Gasteiger partial charge is 0.378 e. The number of morpholine rings is 1. The molecule has 7 rings (SSSR count). The number of rotatable bonds is 2. The molecule has 0 spiro atoms. The van der Waals surface area contributed by atoms with Crippen LogP contribution in [-0.4, -0.2) is 86.0 Å². The van der Waals surface area contributed by atoms with Crippen molar-refractivity contribution in [1.29, 1.82) is 0 Å². The summed E-state index contributed by atoms with van der Waals surface area (Å²) in [6.45, 7) is 5.60. The quantitative estimate of drug-likeness (QED) is 0.365. The minimum atomic E-state index is -0.0509. The van der Waals surface area contributed by atoms with Crippen molar-refractivity contribution in [2.75, 3.05) is 39.4 Å². The third-order valence-electron chi connectivity index (χ3n) is 8.42. The van der Waals surface area contributed by atoms with Crippen LogP contribution in [0.5, 0.6) is 0 Å². The molecule has 3 aliphatic rings. The van der Waals surface area contributed by atoms with Crippen LogP contribution in [0.4, 0.5) is 4.79 Å². The van der Waals surface area contributed by atoms with Gasteiger partial charge >= 0.3 is 6.03 Å². The molecule has 0 radical (unpaired) electrons. The summed E-state index contributed by atoms with van der Waals surface area (Å²) < 4.78 is 5.41. The molecule has 3 amide bonds. The van der Waals surface area contributed by atoms with Crippen molar-refractivity contribution in [3.63, 3.8) is 0 Å². The Labute approximate surface area is 238 Å². The van der Waals surface area contributed by atoms with Gasteiger partial charge in [0.25, 0.3) is 0 Å². The topological polar surface area (TPSA) is 110 Å². The molecule has 4 aromatic rings. The number of aromatic nitrogens is 4. The fourth-order valence-electron chi connectivity index (χ4n) is 6.32. The first-order valence-corrected chi connectivity index (χ1v) is 14.5. The molecular formula is C31H33N7O3. The van der Waals surface area contributed by atoms with Crippen molar-refractivity contribution in [1.82, 2.24) is 34.6 Å². The van der Waals surface area contributed by atoms with Crippen LogP contribution in [0.3, 0.4) is 0 Å². The summed E-state index contributed by atoms with van der Waals surface area (Å²) in [5.41, 5.74) is 5.35. The Morgan fingerprint density at radius 1 is 0.805 bits per heavy atom. The Balaban J connectivity index is 1.09. The van der Waals surface area contributed by atoms with Gasteiger partial charge in [-0.15, -0.1) is 0 Å². The van der Waals surface area contributed by atoms with Crippen LogP contribution in [0.1, 0.15) is 67.5 Å². The average Bonchev–Trinajstić information content (AvgIpc) is 3.80. The first kappa shape index (κ1) is 25.6. The normalized spacial score (nSPS) is 21.0. The molecule has 210 valence electrons. The molecule has 2 N–H and O–H groups in total. The first-order valence-electron chi connectivity index (χ1n) is 14.5. The molecule has 41 heavy (non-hydrogen) atoms. The molecule has 3 fully saturated rings. The molecule has 2 aromatic carbocycles. The van der Waals surface area contributed by atoms with E-state index in [0.717, 1.165) is 83.6 Å². The lowest BCUT2D eigenvalue weighted by Crippen LogP contribution is -2.48. The number of likely N-dealkylation sites (tertiary alicyclic amines) is 2. The Morgan fingerprint density at radius 2 is 1.34 bits per heavy atom. The van der Waals surface area contributed by atoms with Crippen LogP contribution in [0.2, 0.25) is 0 Å². The van der Waals surface area contributed by atoms with Crippen LogP contribution >= 0.6 is 0 Å². The van der Waals surface area contributed by atoms with Gasteiger partial charge in [0.1, 0.15) is 11.6 Å². The highest BCUT2D eigenvalue weighted by molar-refractivity contribution is 5.80. The second-order valence-corrected chi connectivity index (χ2v) is 11.1. The van der Waals surface area contributed by atoms with Crippen LogP contribution in [0, 0.1) is 11.8 Å². The number of H-pyrrole nitrogens is 2. The summed E-state index contributed by atoms with van der Waals surface area (Å²) in [4.78, 5) is 47.4. The van der Waals surface area contributed by atoms with E-state index in [1.165, 1.54) is 0 Å². The van der Waals surface area contributed by atoms with Gasteiger partial charge in [0.2, 0.25) is 5.91 Å². The van der Waals surface area contributed by atoms with Crippen molar-refractivity contribution in [3.8, 4) is 11.8 Å². The van der Waals surface area contributed by atoms with Gasteiger partial charge < -0.3 is 29.4 Å². The van der Waals surface area contributed by atoms with Crippen LogP contribution in [0.25, 0.3) is 22.1 Å². The summed E-state index contributed by atoms with van der Waals surface area (Å²) in [5, 5.41) is 0. The summed E-state index contributed by atoms with van der Waals surface area (Å²) in [6, 6.07) is 12.0. The molecular weight excluding hydrogens is 518 g/mol. The van der Waals surface area contributed by atoms with Gasteiger partial charge in [-0.25, -0.2) is 14.8 Å². The Hall–Kier alpha value is -4.36. The number of nitrogens with one attached hydrogen (secondary N) is 2. The number of amides is 3. The fourth-order valence-corrected chi connectivity index (χ4v) is 6.32. The zero-order chi connectivity index (χ0) is 27.9. The van der Waals surface area contributed by atoms with E-state index in [1.807, 2.05) is 51.1 Å². The van der Waals surface area contributed by atoms with E-state index in [9.17, 15) is 9.59 Å². The lowest BCUT2D eigenvalue weighted by atomic mass is 10.1. The zero-order valence-electron chi connectivity index (χ0n) is 23.2. The second kappa shape index (κ2) is 10.6. The lowest BCUT2D eigenvalue weighted by Gasteiger charge is -2.33. The summed E-state index contributed by atoms with van der Waals surface area (Å²) >= 11 is 0. The Kier molecular flexibility index (Phi) is 6.59. The van der Waals surface area contributed by atoms with E-state index < -0.39 is 0 Å². The summed E-state index contributed by atoms with van der Waals surface area (Å²) in [5.74, 6) is 8.31. The van der Waals surface area contributed by atoms with Crippen molar-refractivity contribution < 1.29 is 14.3 Å². The number of imidazole rings is 2. The van der Waals surface area contributed by atoms with Crippen LogP contribution in [-0.2, 0) is 9.53 Å². The molecule has 10 nitrogen and oxygen atoms in total. The van der Waals surface area contributed by atoms with Crippen molar-refractivity contribution in [2.45, 2.75) is 44.7 Å². The number of benzene rings is 2. The van der Waals surface area contributed by atoms with Gasteiger partial charge in [-0.3, -0.25) is 4.79 Å². The number of ether oxygens (including phenoxy) is 1. The number of urea groups is 1. The number of carbonyl (C=O) groups excluding carboxylic acids is 2. The van der Waals surface area contributed by atoms with E-state index in [1.54, 1.807) is 6.92 Å². The third kappa shape index (κ3) is 4.91. The predicted molar refractivity (Wildman–Crippen MR) is 154 cm³/mol. The highest BCUT2D eigenvalue weighted by Gasteiger charge is 2.35. The standard InChI is InChI=1S/C31H33N7O3/c1-20(39)37-12-2-4-27(37)29-32-23-10-8-21(18-25(23)34-29)6-7-22-9-11-24-26(19-22)35-30(33-24)28-5-3-13-38(28)31(40)36-14-16-41-17-15-36/h8-11,18-19,27-28H,2-5,12-17H2,1H3,(H,32,34)(H,33,35)/t27-,28-/m0/s1. The molecule has 10 heteroatoms. The summed E-state index contributed by atoms with van der Waals surface area (Å²) in [7, 11) is 0. The molecule has 0 aliphatic carbocycles. The van der Waals surface area contributed by atoms with Gasteiger partial charge in [0.05, 0.1) is 47.4 Å². The molecule has 3 aliphatic heterocycles. The van der Waals surface area contributed by atoms with Gasteiger partial charge in [-0.05, 0) is 62.1 Å². The number of aromatic amines is 2. The average molecular weight is 552 g/mol. The third-order valence-corrected chi connectivity index (χ3v) is 8.42. The maximum absolute atomic E-state index is 13.2. The second-order valence-electron chi connectivity index (χ2n) is 11.1. The van der Waals surface area contributed by atoms with E-state index in [2.05, 4.69) is 21.8 Å². The fraction of sp³-hybridized carbons (Fsp3) is 0.419. The van der Waals surface area contributed by atoms with E-state index in [0.29, 0.717) is 26.3 Å². The zero-order valence-corrected chi connectivity index (χ0v) is 23.2. The van der Waals surface area contributed by atoms with E-state index >= 15 is 0 Å². The van der Waals surface area contributed by atoms with Crippen molar-refractivity contribution in [3.05, 3.63) is 59.2 Å². The number of carbonyl (C=O) groups is 2. The lowest BCUT2D eigenvalue weighted by molar-refractivity contribution is -0.129. The smallest absolute Gasteiger partial charge is 0.320 e. The highest BCUT2D eigenvalue weighted by Crippen LogP contribution is 2.33. The van der Waals surface area contributed by atoms with Crippen molar-refractivity contribution >= 4 is 34.0 Å². The summed E-state index contributed by atoms with van der Waals surface area (Å²) in [6.07, 6.45) is 3.78. The minimum absolute atomic E-state index is 0.00857. The number of hydrogen-bond donors (Lipinski definition) is 2. The molecule has 2 aromatic heterocycles. The molecule has 0 unspecified atom stereocenters. The number of hydrogen-bond acceptors (Lipinski definition) is 5. The predicted octanol–water partition coefficient (Wildman–Crippen LogP) is 4.11. The molecule has 0 bridgehead atoms. The van der Waals surface area contributed by atoms with Crippen molar-refractivity contribution in [2.24, 2.45) is 0 Å². The first-order chi connectivity index (χ1) is 20.0. The number of fused-ring (bicyclic) bond motifs is 2. The van der Waals surface area contributed by atoms with Crippen LogP contribution in [0.15, 0.2) is 36.4 Å². The molecule has 0 saturated carbocycles. The number of nitrogens with zero attached hydrogens (tertiary/aromatic N) is 5.